The van der Waals surface area contributed by atoms with Gasteiger partial charge in [0.25, 0.3) is 0 Å². The number of phenolic OH excluding ortho intramolecular Hbond substituents is 1. The highest BCUT2D eigenvalue weighted by molar-refractivity contribution is 6.42. The third-order valence-electron chi connectivity index (χ3n) is 3.22. The molecule has 1 N–H and O–H groups in total. The number of benzene rings is 2. The van der Waals surface area contributed by atoms with E-state index in [1.54, 1.807) is 35.1 Å². The van der Waals surface area contributed by atoms with Crippen molar-refractivity contribution in [1.82, 2.24) is 15.0 Å². The zero-order chi connectivity index (χ0) is 17.1. The smallest absolute Gasteiger partial charge is 0.153 e. The topological polar surface area (TPSA) is 77.2 Å². The lowest BCUT2D eigenvalue weighted by Crippen LogP contribution is -1.96. The normalized spacial score (nSPS) is 10.6. The average molecular weight is 364 g/mol. The zero-order valence-corrected chi connectivity index (χ0v) is 13.7. The summed E-state index contributed by atoms with van der Waals surface area (Å²) >= 11 is 11.9. The first-order valence-electron chi connectivity index (χ1n) is 6.84. The van der Waals surface area contributed by atoms with Gasteiger partial charge in [0.15, 0.2) is 6.29 Å². The Morgan fingerprint density at radius 1 is 1.17 bits per heavy atom. The fourth-order valence-electron chi connectivity index (χ4n) is 1.99. The van der Waals surface area contributed by atoms with Crippen LogP contribution in [0.25, 0.3) is 5.69 Å². The van der Waals surface area contributed by atoms with Crippen LogP contribution >= 0.6 is 23.2 Å². The van der Waals surface area contributed by atoms with Crippen molar-refractivity contribution in [3.05, 3.63) is 63.9 Å². The maximum atomic E-state index is 10.7. The molecule has 3 rings (SSSR count). The van der Waals surface area contributed by atoms with E-state index in [0.29, 0.717) is 27.8 Å². The lowest BCUT2D eigenvalue weighted by Gasteiger charge is -2.05. The molecular formula is C16H11Cl2N3O3. The minimum absolute atomic E-state index is 0.137. The van der Waals surface area contributed by atoms with E-state index >= 15 is 0 Å². The summed E-state index contributed by atoms with van der Waals surface area (Å²) in [6.45, 7) is 0.154. The maximum absolute atomic E-state index is 10.7. The highest BCUT2D eigenvalue weighted by Crippen LogP contribution is 2.25. The summed E-state index contributed by atoms with van der Waals surface area (Å²) in [6.07, 6.45) is 2.27. The SMILES string of the molecule is O=Cc1ccc(OCc2cn(-c3ccc(Cl)c(Cl)c3)nn2)cc1O. The number of ether oxygens (including phenoxy) is 1. The summed E-state index contributed by atoms with van der Waals surface area (Å²) in [5.74, 6) is 0.282. The van der Waals surface area contributed by atoms with Gasteiger partial charge in [0.1, 0.15) is 23.8 Å². The van der Waals surface area contributed by atoms with Crippen LogP contribution < -0.4 is 4.74 Å². The second kappa shape index (κ2) is 6.90. The predicted octanol–water partition coefficient (Wildman–Crippen LogP) is 3.67. The number of rotatable bonds is 5. The molecule has 0 saturated carbocycles. The molecule has 1 heterocycles. The molecule has 0 aliphatic carbocycles. The van der Waals surface area contributed by atoms with Crippen LogP contribution in [0.4, 0.5) is 0 Å². The van der Waals surface area contributed by atoms with Gasteiger partial charge in [-0.3, -0.25) is 4.79 Å². The molecule has 6 nitrogen and oxygen atoms in total. The monoisotopic (exact) mass is 363 g/mol. The Morgan fingerprint density at radius 2 is 2.00 bits per heavy atom. The fraction of sp³-hybridized carbons (Fsp3) is 0.0625. The highest BCUT2D eigenvalue weighted by Gasteiger charge is 2.07. The third kappa shape index (κ3) is 3.50. The number of carbonyl (C=O) groups is 1. The Bertz CT molecular complexity index is 896. The Hall–Kier alpha value is -2.57. The van der Waals surface area contributed by atoms with Crippen molar-refractivity contribution in [3.63, 3.8) is 0 Å². The number of hydrogen-bond acceptors (Lipinski definition) is 5. The van der Waals surface area contributed by atoms with Gasteiger partial charge in [0, 0.05) is 6.07 Å². The molecule has 0 spiro atoms. The van der Waals surface area contributed by atoms with Crippen LogP contribution in [0, 0.1) is 0 Å². The molecule has 1 aromatic heterocycles. The molecule has 0 radical (unpaired) electrons. The largest absolute Gasteiger partial charge is 0.507 e. The predicted molar refractivity (Wildman–Crippen MR) is 89.2 cm³/mol. The van der Waals surface area contributed by atoms with E-state index in [1.165, 1.54) is 12.1 Å². The van der Waals surface area contributed by atoms with Crippen LogP contribution in [0.1, 0.15) is 16.1 Å². The van der Waals surface area contributed by atoms with Crippen molar-refractivity contribution < 1.29 is 14.6 Å². The number of aromatic nitrogens is 3. The van der Waals surface area contributed by atoms with Crippen molar-refractivity contribution in [2.24, 2.45) is 0 Å². The second-order valence-corrected chi connectivity index (χ2v) is 5.69. The van der Waals surface area contributed by atoms with Gasteiger partial charge in [-0.1, -0.05) is 28.4 Å². The molecule has 122 valence electrons. The Labute approximate surface area is 147 Å². The van der Waals surface area contributed by atoms with Crippen LogP contribution in [0.5, 0.6) is 11.5 Å². The van der Waals surface area contributed by atoms with E-state index in [0.717, 1.165) is 5.69 Å². The van der Waals surface area contributed by atoms with Gasteiger partial charge in [0.05, 0.1) is 27.5 Å². The number of halogens is 2. The summed E-state index contributed by atoms with van der Waals surface area (Å²) in [7, 11) is 0. The standard InChI is InChI=1S/C16H11Cl2N3O3/c17-14-4-2-12(5-15(14)18)21-7-11(19-20-21)9-24-13-3-1-10(8-22)16(23)6-13/h1-8,23H,9H2. The number of phenols is 1. The number of nitrogens with zero attached hydrogens (tertiary/aromatic N) is 3. The third-order valence-corrected chi connectivity index (χ3v) is 3.96. The van der Waals surface area contributed by atoms with Gasteiger partial charge in [0.2, 0.25) is 0 Å². The molecule has 0 amide bonds. The van der Waals surface area contributed by atoms with Gasteiger partial charge in [-0.2, -0.15) is 0 Å². The molecule has 0 aliphatic rings. The minimum atomic E-state index is -0.137. The van der Waals surface area contributed by atoms with Gasteiger partial charge < -0.3 is 9.84 Å². The number of aromatic hydroxyl groups is 1. The van der Waals surface area contributed by atoms with E-state index in [9.17, 15) is 9.90 Å². The Morgan fingerprint density at radius 3 is 2.71 bits per heavy atom. The van der Waals surface area contributed by atoms with Crippen molar-refractivity contribution in [2.75, 3.05) is 0 Å². The number of aldehydes is 1. The molecule has 0 bridgehead atoms. The molecule has 0 fully saturated rings. The first-order valence-corrected chi connectivity index (χ1v) is 7.60. The van der Waals surface area contributed by atoms with Crippen LogP contribution in [-0.2, 0) is 6.61 Å². The van der Waals surface area contributed by atoms with E-state index in [4.69, 9.17) is 27.9 Å². The van der Waals surface area contributed by atoms with Gasteiger partial charge in [-0.25, -0.2) is 4.68 Å². The van der Waals surface area contributed by atoms with Crippen LogP contribution in [-0.4, -0.2) is 26.4 Å². The summed E-state index contributed by atoms with van der Waals surface area (Å²) in [5.41, 5.74) is 1.50. The van der Waals surface area contributed by atoms with Crippen LogP contribution in [0.15, 0.2) is 42.6 Å². The molecule has 0 aliphatic heterocycles. The summed E-state index contributed by atoms with van der Waals surface area (Å²) in [4.78, 5) is 10.7. The molecule has 2 aromatic carbocycles. The summed E-state index contributed by atoms with van der Waals surface area (Å²) < 4.78 is 7.07. The van der Waals surface area contributed by atoms with Crippen molar-refractivity contribution in [3.8, 4) is 17.2 Å². The molecule has 8 heteroatoms. The van der Waals surface area contributed by atoms with Crippen molar-refractivity contribution in [2.45, 2.75) is 6.61 Å². The molecule has 0 saturated heterocycles. The minimum Gasteiger partial charge on any atom is -0.507 e. The molecule has 0 atom stereocenters. The molecule has 24 heavy (non-hydrogen) atoms. The van der Waals surface area contributed by atoms with E-state index in [2.05, 4.69) is 10.3 Å². The molecular weight excluding hydrogens is 353 g/mol. The fourth-order valence-corrected chi connectivity index (χ4v) is 2.28. The lowest BCUT2D eigenvalue weighted by atomic mass is 10.2. The van der Waals surface area contributed by atoms with Crippen molar-refractivity contribution in [1.29, 1.82) is 0 Å². The lowest BCUT2D eigenvalue weighted by molar-refractivity contribution is 0.112. The summed E-state index contributed by atoms with van der Waals surface area (Å²) in [5, 5.41) is 18.5. The Kier molecular flexibility index (Phi) is 4.69. The van der Waals surface area contributed by atoms with Gasteiger partial charge in [-0.05, 0) is 30.3 Å². The first-order chi connectivity index (χ1) is 11.6. The Balaban J connectivity index is 1.71. The molecule has 0 unspecified atom stereocenters. The highest BCUT2D eigenvalue weighted by atomic mass is 35.5. The molecule has 3 aromatic rings. The second-order valence-electron chi connectivity index (χ2n) is 4.88. The number of carbonyl (C=O) groups excluding carboxylic acids is 1. The van der Waals surface area contributed by atoms with Crippen LogP contribution in [0.2, 0.25) is 10.0 Å². The van der Waals surface area contributed by atoms with Crippen LogP contribution in [0.3, 0.4) is 0 Å². The zero-order valence-electron chi connectivity index (χ0n) is 12.2. The average Bonchev–Trinajstić information content (AvgIpc) is 3.04. The van der Waals surface area contributed by atoms with Gasteiger partial charge in [-0.15, -0.1) is 5.10 Å². The first kappa shape index (κ1) is 16.3. The van der Waals surface area contributed by atoms with Crippen molar-refractivity contribution >= 4 is 29.5 Å². The quantitative estimate of drug-likeness (QED) is 0.699. The number of hydrogen-bond donors (Lipinski definition) is 1. The van der Waals surface area contributed by atoms with E-state index in [1.807, 2.05) is 0 Å². The summed E-state index contributed by atoms with van der Waals surface area (Å²) in [6, 6.07) is 9.56. The maximum Gasteiger partial charge on any atom is 0.153 e. The van der Waals surface area contributed by atoms with E-state index in [-0.39, 0.29) is 17.9 Å². The van der Waals surface area contributed by atoms with Gasteiger partial charge >= 0.3 is 0 Å². The van der Waals surface area contributed by atoms with E-state index < -0.39 is 0 Å².